The molecule has 0 aliphatic rings. The Labute approximate surface area is 190 Å². The molecule has 2 aromatic rings. The van der Waals surface area contributed by atoms with Crippen LogP contribution >= 0.6 is 24.0 Å². The molecule has 0 fully saturated rings. The monoisotopic (exact) mass is 533 g/mol. The van der Waals surface area contributed by atoms with Crippen LogP contribution in [0.15, 0.2) is 64.5 Å². The zero-order valence-corrected chi connectivity index (χ0v) is 19.9. The van der Waals surface area contributed by atoms with E-state index in [9.17, 15) is 12.8 Å². The van der Waals surface area contributed by atoms with Crippen molar-refractivity contribution in [3.05, 3.63) is 66.0 Å². The van der Waals surface area contributed by atoms with Crippen LogP contribution in [-0.4, -0.2) is 39.3 Å². The average molecular weight is 533 g/mol. The zero-order valence-electron chi connectivity index (χ0n) is 16.8. The van der Waals surface area contributed by atoms with Gasteiger partial charge in [-0.05, 0) is 49.6 Å². The molecule has 8 heteroatoms. The Morgan fingerprint density at radius 1 is 1.10 bits per heavy atom. The molecule has 0 heterocycles. The second-order valence-electron chi connectivity index (χ2n) is 6.48. The summed E-state index contributed by atoms with van der Waals surface area (Å²) in [6, 6.07) is 14.6. The molecule has 0 aliphatic carbocycles. The smallest absolute Gasteiger partial charge is 0.191 e. The van der Waals surface area contributed by atoms with Crippen LogP contribution in [0.25, 0.3) is 0 Å². The third kappa shape index (κ3) is 8.69. The van der Waals surface area contributed by atoms with Gasteiger partial charge in [-0.1, -0.05) is 37.3 Å². The molecule has 0 amide bonds. The number of nitrogens with zero attached hydrogens (tertiary/aromatic N) is 1. The zero-order chi connectivity index (χ0) is 20.4. The van der Waals surface area contributed by atoms with E-state index in [1.165, 1.54) is 12.1 Å². The van der Waals surface area contributed by atoms with Crippen LogP contribution in [0.4, 0.5) is 4.39 Å². The van der Waals surface area contributed by atoms with E-state index in [4.69, 9.17) is 0 Å². The van der Waals surface area contributed by atoms with Crippen molar-refractivity contribution in [3.63, 3.8) is 0 Å². The first kappa shape index (κ1) is 25.4. The summed E-state index contributed by atoms with van der Waals surface area (Å²) in [5, 5.41) is 6.35. The van der Waals surface area contributed by atoms with Crippen molar-refractivity contribution in [1.82, 2.24) is 10.6 Å². The second-order valence-corrected chi connectivity index (χ2v) is 8.52. The molecule has 0 bridgehead atoms. The Bertz CT molecular complexity index is 877. The van der Waals surface area contributed by atoms with Crippen LogP contribution in [0.3, 0.4) is 0 Å². The van der Waals surface area contributed by atoms with Crippen LogP contribution in [0.2, 0.25) is 0 Å². The van der Waals surface area contributed by atoms with Crippen LogP contribution in [0.5, 0.6) is 0 Å². The minimum atomic E-state index is -3.39. The van der Waals surface area contributed by atoms with E-state index >= 15 is 0 Å². The maximum atomic E-state index is 13.3. The summed E-state index contributed by atoms with van der Waals surface area (Å²) < 4.78 is 38.5. The molecule has 0 saturated heterocycles. The quantitative estimate of drug-likeness (QED) is 0.293. The molecule has 29 heavy (non-hydrogen) atoms. The molecule has 0 saturated carbocycles. The van der Waals surface area contributed by atoms with Gasteiger partial charge in [-0.2, -0.15) is 0 Å². The highest BCUT2D eigenvalue weighted by atomic mass is 127. The van der Waals surface area contributed by atoms with Gasteiger partial charge in [0.25, 0.3) is 0 Å². The number of hydrogen-bond donors (Lipinski definition) is 2. The summed E-state index contributed by atoms with van der Waals surface area (Å²) >= 11 is 0. The Hall–Kier alpha value is -1.68. The standard InChI is InChI=1S/C21H28FN3O2S.HI/c1-3-19(16-28(26,27)20-11-6-5-7-12-20)25-21(23-4-2)24-14-13-17-9-8-10-18(22)15-17;/h5-12,15,19H,3-4,13-14,16H2,1-2H3,(H2,23,24,25);1H. The molecule has 2 aromatic carbocycles. The summed E-state index contributed by atoms with van der Waals surface area (Å²) in [6.45, 7) is 5.02. The highest BCUT2D eigenvalue weighted by molar-refractivity contribution is 14.0. The van der Waals surface area contributed by atoms with Crippen LogP contribution < -0.4 is 10.6 Å². The molecule has 0 aliphatic heterocycles. The maximum absolute atomic E-state index is 13.3. The minimum Gasteiger partial charge on any atom is -0.357 e. The van der Waals surface area contributed by atoms with E-state index in [0.29, 0.717) is 36.8 Å². The molecule has 0 aromatic heterocycles. The first-order chi connectivity index (χ1) is 13.4. The van der Waals surface area contributed by atoms with E-state index in [1.807, 2.05) is 19.9 Å². The van der Waals surface area contributed by atoms with Crippen LogP contribution in [-0.2, 0) is 16.3 Å². The van der Waals surface area contributed by atoms with Crippen LogP contribution in [0, 0.1) is 5.82 Å². The lowest BCUT2D eigenvalue weighted by Crippen LogP contribution is -2.46. The van der Waals surface area contributed by atoms with Gasteiger partial charge >= 0.3 is 0 Å². The first-order valence-electron chi connectivity index (χ1n) is 9.51. The highest BCUT2D eigenvalue weighted by Gasteiger charge is 2.20. The Morgan fingerprint density at radius 3 is 2.45 bits per heavy atom. The van der Waals surface area contributed by atoms with E-state index < -0.39 is 9.84 Å². The number of sulfone groups is 1. The molecule has 5 nitrogen and oxygen atoms in total. The summed E-state index contributed by atoms with van der Waals surface area (Å²) in [4.78, 5) is 4.83. The molecule has 2 rings (SSSR count). The van der Waals surface area contributed by atoms with Gasteiger partial charge < -0.3 is 10.6 Å². The van der Waals surface area contributed by atoms with Crippen molar-refractivity contribution in [2.24, 2.45) is 4.99 Å². The predicted octanol–water partition coefficient (Wildman–Crippen LogP) is 3.79. The molecule has 160 valence electrons. The average Bonchev–Trinajstić information content (AvgIpc) is 2.68. The molecule has 1 unspecified atom stereocenters. The molecular formula is C21H29FIN3O2S. The van der Waals surface area contributed by atoms with Crippen LogP contribution in [0.1, 0.15) is 25.8 Å². The third-order valence-corrected chi connectivity index (χ3v) is 6.09. The van der Waals surface area contributed by atoms with Crippen molar-refractivity contribution in [2.75, 3.05) is 18.8 Å². The normalized spacial score (nSPS) is 12.7. The van der Waals surface area contributed by atoms with Gasteiger partial charge in [0.1, 0.15) is 5.82 Å². The Balaban J connectivity index is 0.00000420. The summed E-state index contributed by atoms with van der Waals surface area (Å²) in [5.41, 5.74) is 0.873. The number of halogens is 2. The third-order valence-electron chi connectivity index (χ3n) is 4.26. The lowest BCUT2D eigenvalue weighted by atomic mass is 10.1. The molecule has 1 atom stereocenters. The second kappa shape index (κ2) is 12.8. The largest absolute Gasteiger partial charge is 0.357 e. The minimum absolute atomic E-state index is 0. The van der Waals surface area contributed by atoms with Crippen molar-refractivity contribution in [2.45, 2.75) is 37.6 Å². The van der Waals surface area contributed by atoms with E-state index in [1.54, 1.807) is 36.4 Å². The van der Waals surface area contributed by atoms with Crippen molar-refractivity contribution < 1.29 is 12.8 Å². The highest BCUT2D eigenvalue weighted by Crippen LogP contribution is 2.12. The SMILES string of the molecule is CCNC(=NCCc1cccc(F)c1)NC(CC)CS(=O)(=O)c1ccccc1.I. The van der Waals surface area contributed by atoms with Gasteiger partial charge in [-0.25, -0.2) is 12.8 Å². The van der Waals surface area contributed by atoms with Gasteiger partial charge in [-0.15, -0.1) is 24.0 Å². The molecule has 0 radical (unpaired) electrons. The number of nitrogens with one attached hydrogen (secondary N) is 2. The first-order valence-corrected chi connectivity index (χ1v) is 11.2. The predicted molar refractivity (Wildman–Crippen MR) is 127 cm³/mol. The Morgan fingerprint density at radius 2 is 1.83 bits per heavy atom. The van der Waals surface area contributed by atoms with Gasteiger partial charge in [0.2, 0.25) is 0 Å². The van der Waals surface area contributed by atoms with Gasteiger partial charge in [0, 0.05) is 19.1 Å². The number of hydrogen-bond acceptors (Lipinski definition) is 3. The number of rotatable bonds is 9. The van der Waals surface area contributed by atoms with E-state index in [2.05, 4.69) is 15.6 Å². The fourth-order valence-electron chi connectivity index (χ4n) is 2.75. The Kier molecular flexibility index (Phi) is 11.2. The molecular weight excluding hydrogens is 504 g/mol. The van der Waals surface area contributed by atoms with Crippen molar-refractivity contribution in [1.29, 1.82) is 0 Å². The molecule has 2 N–H and O–H groups in total. The van der Waals surface area contributed by atoms with E-state index in [-0.39, 0.29) is 41.6 Å². The fraction of sp³-hybridized carbons (Fsp3) is 0.381. The topological polar surface area (TPSA) is 70.6 Å². The van der Waals surface area contributed by atoms with Gasteiger partial charge in [0.15, 0.2) is 15.8 Å². The lowest BCUT2D eigenvalue weighted by Gasteiger charge is -2.20. The van der Waals surface area contributed by atoms with Crippen molar-refractivity contribution in [3.8, 4) is 0 Å². The number of guanidine groups is 1. The van der Waals surface area contributed by atoms with Gasteiger partial charge in [-0.3, -0.25) is 4.99 Å². The van der Waals surface area contributed by atoms with Gasteiger partial charge in [0.05, 0.1) is 10.6 Å². The maximum Gasteiger partial charge on any atom is 0.191 e. The summed E-state index contributed by atoms with van der Waals surface area (Å²) in [5.74, 6) is 0.291. The number of aliphatic imine (C=N–C) groups is 1. The van der Waals surface area contributed by atoms with E-state index in [0.717, 1.165) is 5.56 Å². The molecule has 0 spiro atoms. The lowest BCUT2D eigenvalue weighted by molar-refractivity contribution is 0.569. The fourth-order valence-corrected chi connectivity index (χ4v) is 4.37. The summed E-state index contributed by atoms with van der Waals surface area (Å²) in [6.07, 6.45) is 1.24. The summed E-state index contributed by atoms with van der Waals surface area (Å²) in [7, 11) is -3.39. The number of benzene rings is 2. The van der Waals surface area contributed by atoms with Crippen molar-refractivity contribution >= 4 is 39.8 Å².